The average Bonchev–Trinajstić information content (AvgIpc) is 2.33. The summed E-state index contributed by atoms with van der Waals surface area (Å²) in [4.78, 5) is 0. The maximum Gasteiger partial charge on any atom is 0.0722 e. The normalized spacial score (nSPS) is 23.1. The summed E-state index contributed by atoms with van der Waals surface area (Å²) in [6.45, 7) is 4.59. The Morgan fingerprint density at radius 1 is 1.15 bits per heavy atom. The van der Waals surface area contributed by atoms with Crippen LogP contribution in [0.4, 0.5) is 5.69 Å². The first-order valence-electron chi connectivity index (χ1n) is 7.36. The third-order valence-electron chi connectivity index (χ3n) is 3.94. The molecule has 2 rings (SSSR count). The highest BCUT2D eigenvalue weighted by Gasteiger charge is 2.23. The molecule has 0 aromatic heterocycles. The molecule has 1 aromatic rings. The van der Waals surface area contributed by atoms with Crippen molar-refractivity contribution in [3.05, 3.63) is 27.2 Å². The maximum absolute atomic E-state index is 6.24. The summed E-state index contributed by atoms with van der Waals surface area (Å²) in [7, 11) is 0. The van der Waals surface area contributed by atoms with Gasteiger partial charge in [0.1, 0.15) is 0 Å². The third-order valence-corrected chi connectivity index (χ3v) is 4.76. The molecule has 1 fully saturated rings. The van der Waals surface area contributed by atoms with Gasteiger partial charge in [0.2, 0.25) is 0 Å². The number of halogens is 3. The van der Waals surface area contributed by atoms with Crippen LogP contribution < -0.4 is 5.32 Å². The first-order chi connectivity index (χ1) is 9.45. The first kappa shape index (κ1) is 16.3. The van der Waals surface area contributed by atoms with Gasteiger partial charge in [-0.1, -0.05) is 61.5 Å². The average molecular weight is 335 g/mol. The van der Waals surface area contributed by atoms with E-state index in [4.69, 9.17) is 34.8 Å². The molecule has 0 spiro atoms. The van der Waals surface area contributed by atoms with E-state index in [1.54, 1.807) is 12.1 Å². The van der Waals surface area contributed by atoms with Gasteiger partial charge in [-0.15, -0.1) is 0 Å². The molecule has 0 bridgehead atoms. The summed E-state index contributed by atoms with van der Waals surface area (Å²) in [5, 5.41) is 5.31. The van der Waals surface area contributed by atoms with E-state index in [-0.39, 0.29) is 0 Å². The summed E-state index contributed by atoms with van der Waals surface area (Å²) in [6.07, 6.45) is 6.31. The minimum absolute atomic E-state index is 0.462. The fourth-order valence-electron chi connectivity index (χ4n) is 3.19. The Hall–Kier alpha value is -0.110. The highest BCUT2D eigenvalue weighted by molar-refractivity contribution is 6.41. The summed E-state index contributed by atoms with van der Waals surface area (Å²) in [5.41, 5.74) is 0.827. The molecule has 20 heavy (non-hydrogen) atoms. The highest BCUT2D eigenvalue weighted by atomic mass is 35.5. The molecule has 1 aliphatic carbocycles. The zero-order chi connectivity index (χ0) is 14.7. The van der Waals surface area contributed by atoms with Crippen LogP contribution in [-0.4, -0.2) is 6.04 Å². The number of hydrogen-bond acceptors (Lipinski definition) is 1. The van der Waals surface area contributed by atoms with Gasteiger partial charge in [-0.2, -0.15) is 0 Å². The molecule has 1 nitrogen and oxygen atoms in total. The summed E-state index contributed by atoms with van der Waals surface area (Å²) < 4.78 is 0. The van der Waals surface area contributed by atoms with Crippen molar-refractivity contribution in [1.29, 1.82) is 0 Å². The molecule has 1 N–H and O–H groups in total. The van der Waals surface area contributed by atoms with E-state index < -0.39 is 0 Å². The van der Waals surface area contributed by atoms with Crippen molar-refractivity contribution in [2.75, 3.05) is 5.32 Å². The minimum atomic E-state index is 0.462. The van der Waals surface area contributed by atoms with E-state index in [0.717, 1.165) is 17.5 Å². The van der Waals surface area contributed by atoms with E-state index >= 15 is 0 Å². The van der Waals surface area contributed by atoms with Crippen LogP contribution in [0.15, 0.2) is 12.1 Å². The van der Waals surface area contributed by atoms with Crippen LogP contribution >= 0.6 is 34.8 Å². The number of rotatable bonds is 4. The van der Waals surface area contributed by atoms with Crippen molar-refractivity contribution >= 4 is 40.5 Å². The third kappa shape index (κ3) is 4.44. The molecule has 1 aliphatic rings. The van der Waals surface area contributed by atoms with Crippen LogP contribution in [0.25, 0.3) is 0 Å². The molecular weight excluding hydrogens is 313 g/mol. The van der Waals surface area contributed by atoms with Gasteiger partial charge in [-0.05, 0) is 43.2 Å². The second kappa shape index (κ2) is 7.24. The van der Waals surface area contributed by atoms with E-state index in [1.165, 1.54) is 32.1 Å². The van der Waals surface area contributed by atoms with Crippen LogP contribution in [0.2, 0.25) is 15.1 Å². The number of anilines is 1. The van der Waals surface area contributed by atoms with Crippen molar-refractivity contribution < 1.29 is 0 Å². The van der Waals surface area contributed by atoms with E-state index in [0.29, 0.717) is 21.1 Å². The lowest BCUT2D eigenvalue weighted by molar-refractivity contribution is 0.289. The van der Waals surface area contributed by atoms with Crippen LogP contribution in [-0.2, 0) is 0 Å². The van der Waals surface area contributed by atoms with Gasteiger partial charge < -0.3 is 5.32 Å². The molecule has 2 unspecified atom stereocenters. The zero-order valence-corrected chi connectivity index (χ0v) is 14.3. The second-order valence-corrected chi connectivity index (χ2v) is 7.50. The lowest BCUT2D eigenvalue weighted by atomic mass is 9.81. The van der Waals surface area contributed by atoms with Crippen LogP contribution in [0.3, 0.4) is 0 Å². The zero-order valence-electron chi connectivity index (χ0n) is 12.1. The molecule has 4 heteroatoms. The molecule has 0 radical (unpaired) electrons. The number of benzene rings is 1. The SMILES string of the molecule is CC(C)CC1CCCC(Nc2c(Cl)cc(Cl)cc2Cl)C1. The van der Waals surface area contributed by atoms with Crippen molar-refractivity contribution in [2.24, 2.45) is 11.8 Å². The Bertz CT molecular complexity index is 436. The number of nitrogens with one attached hydrogen (secondary N) is 1. The Morgan fingerprint density at radius 3 is 2.40 bits per heavy atom. The predicted octanol–water partition coefficient (Wildman–Crippen LogP) is 6.66. The van der Waals surface area contributed by atoms with Gasteiger partial charge in [0.25, 0.3) is 0 Å². The quantitative estimate of drug-likeness (QED) is 0.648. The van der Waals surface area contributed by atoms with Crippen molar-refractivity contribution in [3.63, 3.8) is 0 Å². The standard InChI is InChI=1S/C16H22Cl3N/c1-10(2)6-11-4-3-5-13(7-11)20-16-14(18)8-12(17)9-15(16)19/h8-11,13,20H,3-7H2,1-2H3. The van der Waals surface area contributed by atoms with Crippen LogP contribution in [0.1, 0.15) is 46.0 Å². The second-order valence-electron chi connectivity index (χ2n) is 6.25. The largest absolute Gasteiger partial charge is 0.380 e. The van der Waals surface area contributed by atoms with Gasteiger partial charge in [0.15, 0.2) is 0 Å². The van der Waals surface area contributed by atoms with Gasteiger partial charge in [-0.3, -0.25) is 0 Å². The van der Waals surface area contributed by atoms with Crippen molar-refractivity contribution in [2.45, 2.75) is 52.0 Å². The van der Waals surface area contributed by atoms with Gasteiger partial charge in [0, 0.05) is 11.1 Å². The summed E-state index contributed by atoms with van der Waals surface area (Å²) >= 11 is 18.4. The topological polar surface area (TPSA) is 12.0 Å². The maximum atomic E-state index is 6.24. The molecule has 0 amide bonds. The molecule has 0 aliphatic heterocycles. The molecule has 1 aromatic carbocycles. The minimum Gasteiger partial charge on any atom is -0.380 e. The molecule has 0 heterocycles. The molecule has 112 valence electrons. The molecular formula is C16H22Cl3N. The fourth-order valence-corrected chi connectivity index (χ4v) is 4.11. The number of hydrogen-bond donors (Lipinski definition) is 1. The van der Waals surface area contributed by atoms with E-state index in [9.17, 15) is 0 Å². The Labute approximate surface area is 137 Å². The smallest absolute Gasteiger partial charge is 0.0722 e. The summed E-state index contributed by atoms with van der Waals surface area (Å²) in [5.74, 6) is 1.58. The predicted molar refractivity (Wildman–Crippen MR) is 90.3 cm³/mol. The lowest BCUT2D eigenvalue weighted by Crippen LogP contribution is -2.28. The van der Waals surface area contributed by atoms with E-state index in [2.05, 4.69) is 19.2 Å². The van der Waals surface area contributed by atoms with Crippen LogP contribution in [0, 0.1) is 11.8 Å². The molecule has 1 saturated carbocycles. The monoisotopic (exact) mass is 333 g/mol. The Morgan fingerprint density at radius 2 is 1.80 bits per heavy atom. The van der Waals surface area contributed by atoms with Crippen molar-refractivity contribution in [1.82, 2.24) is 0 Å². The van der Waals surface area contributed by atoms with E-state index in [1.807, 2.05) is 0 Å². The lowest BCUT2D eigenvalue weighted by Gasteiger charge is -2.32. The molecule has 0 saturated heterocycles. The Balaban J connectivity index is 2.03. The highest BCUT2D eigenvalue weighted by Crippen LogP contribution is 2.37. The summed E-state index contributed by atoms with van der Waals surface area (Å²) in [6, 6.07) is 3.95. The van der Waals surface area contributed by atoms with Gasteiger partial charge >= 0.3 is 0 Å². The van der Waals surface area contributed by atoms with Crippen molar-refractivity contribution in [3.8, 4) is 0 Å². The van der Waals surface area contributed by atoms with Gasteiger partial charge in [-0.25, -0.2) is 0 Å². The fraction of sp³-hybridized carbons (Fsp3) is 0.625. The van der Waals surface area contributed by atoms with Crippen LogP contribution in [0.5, 0.6) is 0 Å². The van der Waals surface area contributed by atoms with Gasteiger partial charge in [0.05, 0.1) is 15.7 Å². The first-order valence-corrected chi connectivity index (χ1v) is 8.50. The Kier molecular flexibility index (Phi) is 5.89. The molecule has 2 atom stereocenters.